The molecule has 0 radical (unpaired) electrons. The minimum atomic E-state index is -0.0659. The number of hydrogen-bond donors (Lipinski definition) is 1. The third-order valence-electron chi connectivity index (χ3n) is 6.01. The van der Waals surface area contributed by atoms with Crippen LogP contribution in [0.25, 0.3) is 0 Å². The summed E-state index contributed by atoms with van der Waals surface area (Å²) in [4.78, 5) is 15.1. The molecule has 3 heterocycles. The summed E-state index contributed by atoms with van der Waals surface area (Å²) < 4.78 is 7.34. The second kappa shape index (κ2) is 8.88. The molecule has 2 aliphatic rings. The fourth-order valence-corrected chi connectivity index (χ4v) is 4.34. The van der Waals surface area contributed by atoms with E-state index in [0.29, 0.717) is 31.4 Å². The van der Waals surface area contributed by atoms with Crippen LogP contribution in [-0.2, 0) is 31.4 Å². The van der Waals surface area contributed by atoms with E-state index in [1.807, 2.05) is 11.7 Å². The first-order chi connectivity index (χ1) is 13.7. The molecule has 1 amide bonds. The van der Waals surface area contributed by atoms with Gasteiger partial charge in [0, 0.05) is 37.8 Å². The van der Waals surface area contributed by atoms with Gasteiger partial charge in [-0.25, -0.2) is 0 Å². The molecule has 6 heteroatoms. The number of carbonyl (C=O) groups excluding carboxylic acids is 1. The topological polar surface area (TPSA) is 59.4 Å². The highest BCUT2D eigenvalue weighted by molar-refractivity contribution is 5.94. The van der Waals surface area contributed by atoms with Crippen LogP contribution in [0.4, 0.5) is 0 Å². The maximum absolute atomic E-state index is 12.6. The van der Waals surface area contributed by atoms with Crippen molar-refractivity contribution >= 4 is 5.91 Å². The monoisotopic (exact) mass is 382 g/mol. The number of benzene rings is 1. The molecule has 0 spiro atoms. The molecular formula is C22H30N4O2. The van der Waals surface area contributed by atoms with Crippen molar-refractivity contribution in [1.29, 1.82) is 0 Å². The van der Waals surface area contributed by atoms with Gasteiger partial charge in [-0.2, -0.15) is 5.10 Å². The maximum Gasteiger partial charge on any atom is 0.272 e. The molecule has 28 heavy (non-hydrogen) atoms. The Morgan fingerprint density at radius 3 is 2.82 bits per heavy atom. The van der Waals surface area contributed by atoms with Gasteiger partial charge in [-0.1, -0.05) is 30.3 Å². The number of nitrogens with one attached hydrogen (secondary N) is 1. The highest BCUT2D eigenvalue weighted by Crippen LogP contribution is 2.22. The third-order valence-corrected chi connectivity index (χ3v) is 6.01. The van der Waals surface area contributed by atoms with E-state index in [4.69, 9.17) is 4.74 Å². The summed E-state index contributed by atoms with van der Waals surface area (Å²) in [6.07, 6.45) is 4.27. The number of fused-ring (bicyclic) bond motifs is 1. The molecule has 2 aliphatic heterocycles. The smallest absolute Gasteiger partial charge is 0.272 e. The van der Waals surface area contributed by atoms with Crippen molar-refractivity contribution in [2.24, 2.45) is 13.0 Å². The normalized spacial score (nSPS) is 18.0. The fraction of sp³-hybridized carbons (Fsp3) is 0.545. The summed E-state index contributed by atoms with van der Waals surface area (Å²) in [5.41, 5.74) is 4.01. The van der Waals surface area contributed by atoms with Gasteiger partial charge in [0.05, 0.1) is 13.2 Å². The number of aryl methyl sites for hydroxylation is 1. The van der Waals surface area contributed by atoms with Gasteiger partial charge >= 0.3 is 0 Å². The van der Waals surface area contributed by atoms with E-state index in [1.54, 1.807) is 0 Å². The van der Waals surface area contributed by atoms with Gasteiger partial charge in [0.25, 0.3) is 5.91 Å². The van der Waals surface area contributed by atoms with E-state index in [2.05, 4.69) is 45.6 Å². The standard InChI is InChI=1S/C22H30N4O2/c1-25-20-10-14-28-16-19(20)21(24-25)22(27)23-11-7-17-8-12-26(13-9-17)15-18-5-3-2-4-6-18/h2-6,17H,7-16H2,1H3,(H,23,27). The molecular weight excluding hydrogens is 352 g/mol. The SMILES string of the molecule is Cn1nc(C(=O)NCCC2CCN(Cc3ccccc3)CC2)c2c1CCOC2. The van der Waals surface area contributed by atoms with Crippen molar-refractivity contribution < 1.29 is 9.53 Å². The molecule has 1 aromatic heterocycles. The zero-order valence-corrected chi connectivity index (χ0v) is 16.7. The van der Waals surface area contributed by atoms with Crippen LogP contribution in [0.3, 0.4) is 0 Å². The summed E-state index contributed by atoms with van der Waals surface area (Å²) >= 11 is 0. The highest BCUT2D eigenvalue weighted by Gasteiger charge is 2.24. The lowest BCUT2D eigenvalue weighted by Crippen LogP contribution is -2.35. The van der Waals surface area contributed by atoms with E-state index in [1.165, 1.54) is 18.4 Å². The molecule has 2 aromatic rings. The lowest BCUT2D eigenvalue weighted by atomic mass is 9.93. The molecule has 6 nitrogen and oxygen atoms in total. The van der Waals surface area contributed by atoms with Crippen LogP contribution >= 0.6 is 0 Å². The first-order valence-corrected chi connectivity index (χ1v) is 10.4. The second-order valence-corrected chi connectivity index (χ2v) is 7.95. The van der Waals surface area contributed by atoms with Crippen molar-refractivity contribution in [1.82, 2.24) is 20.0 Å². The minimum absolute atomic E-state index is 0.0659. The Bertz CT molecular complexity index is 794. The number of aromatic nitrogens is 2. The molecule has 4 rings (SSSR count). The van der Waals surface area contributed by atoms with Gasteiger partial charge in [0.1, 0.15) is 0 Å². The third kappa shape index (κ3) is 4.45. The summed E-state index contributed by atoms with van der Waals surface area (Å²) in [6, 6.07) is 10.7. The van der Waals surface area contributed by atoms with Crippen molar-refractivity contribution in [3.05, 3.63) is 52.8 Å². The molecule has 1 saturated heterocycles. The Balaban J connectivity index is 1.21. The first-order valence-electron chi connectivity index (χ1n) is 10.4. The van der Waals surface area contributed by atoms with E-state index in [0.717, 1.165) is 43.7 Å². The Kier molecular flexibility index (Phi) is 6.07. The molecule has 0 bridgehead atoms. The lowest BCUT2D eigenvalue weighted by molar-refractivity contribution is 0.0920. The number of ether oxygens (including phenoxy) is 1. The number of nitrogens with zero attached hydrogens (tertiary/aromatic N) is 3. The molecule has 0 unspecified atom stereocenters. The lowest BCUT2D eigenvalue weighted by Gasteiger charge is -2.32. The molecule has 150 valence electrons. The fourth-order valence-electron chi connectivity index (χ4n) is 4.34. The van der Waals surface area contributed by atoms with Crippen LogP contribution in [0.5, 0.6) is 0 Å². The van der Waals surface area contributed by atoms with Gasteiger partial charge in [0.2, 0.25) is 0 Å². The first kappa shape index (κ1) is 19.2. The predicted octanol–water partition coefficient (Wildman–Crippen LogP) is 2.52. The Morgan fingerprint density at radius 1 is 1.25 bits per heavy atom. The van der Waals surface area contributed by atoms with Gasteiger partial charge in [-0.15, -0.1) is 0 Å². The number of carbonyl (C=O) groups is 1. The Labute approximate surface area is 166 Å². The van der Waals surface area contributed by atoms with Crippen molar-refractivity contribution in [2.75, 3.05) is 26.2 Å². The van der Waals surface area contributed by atoms with Gasteiger partial charge in [0.15, 0.2) is 5.69 Å². The van der Waals surface area contributed by atoms with Crippen LogP contribution in [0, 0.1) is 5.92 Å². The van der Waals surface area contributed by atoms with E-state index in [9.17, 15) is 4.79 Å². The highest BCUT2D eigenvalue weighted by atomic mass is 16.5. The predicted molar refractivity (Wildman–Crippen MR) is 108 cm³/mol. The van der Waals surface area contributed by atoms with Crippen molar-refractivity contribution in [2.45, 2.75) is 38.8 Å². The average Bonchev–Trinajstić information content (AvgIpc) is 3.07. The van der Waals surface area contributed by atoms with Crippen LogP contribution < -0.4 is 5.32 Å². The molecule has 1 fully saturated rings. The van der Waals surface area contributed by atoms with Gasteiger partial charge in [-0.05, 0) is 43.8 Å². The number of piperidine rings is 1. The van der Waals surface area contributed by atoms with E-state index in [-0.39, 0.29) is 5.91 Å². The molecule has 1 aromatic carbocycles. The second-order valence-electron chi connectivity index (χ2n) is 7.95. The van der Waals surface area contributed by atoms with Crippen molar-refractivity contribution in [3.8, 4) is 0 Å². The number of hydrogen-bond acceptors (Lipinski definition) is 4. The summed E-state index contributed by atoms with van der Waals surface area (Å²) in [5, 5.41) is 7.50. The minimum Gasteiger partial charge on any atom is -0.376 e. The molecule has 0 saturated carbocycles. The molecule has 0 atom stereocenters. The largest absolute Gasteiger partial charge is 0.376 e. The van der Waals surface area contributed by atoms with Crippen LogP contribution in [-0.4, -0.2) is 46.8 Å². The number of amides is 1. The Morgan fingerprint density at radius 2 is 2.04 bits per heavy atom. The Hall–Kier alpha value is -2.18. The summed E-state index contributed by atoms with van der Waals surface area (Å²) in [5.74, 6) is 0.622. The summed E-state index contributed by atoms with van der Waals surface area (Å²) in [6.45, 7) is 5.23. The van der Waals surface area contributed by atoms with Crippen LogP contribution in [0.2, 0.25) is 0 Å². The van der Waals surface area contributed by atoms with Crippen LogP contribution in [0.15, 0.2) is 30.3 Å². The van der Waals surface area contributed by atoms with E-state index >= 15 is 0 Å². The van der Waals surface area contributed by atoms with Gasteiger partial charge < -0.3 is 10.1 Å². The van der Waals surface area contributed by atoms with E-state index < -0.39 is 0 Å². The molecule has 0 aliphatic carbocycles. The average molecular weight is 383 g/mol. The summed E-state index contributed by atoms with van der Waals surface area (Å²) in [7, 11) is 1.91. The number of rotatable bonds is 6. The van der Waals surface area contributed by atoms with Crippen molar-refractivity contribution in [3.63, 3.8) is 0 Å². The molecule has 1 N–H and O–H groups in total. The quantitative estimate of drug-likeness (QED) is 0.834. The zero-order valence-electron chi connectivity index (χ0n) is 16.7. The van der Waals surface area contributed by atoms with Crippen LogP contribution in [0.1, 0.15) is 46.6 Å². The number of likely N-dealkylation sites (tertiary alicyclic amines) is 1. The zero-order chi connectivity index (χ0) is 19.3. The van der Waals surface area contributed by atoms with Gasteiger partial charge in [-0.3, -0.25) is 14.4 Å². The maximum atomic E-state index is 12.6.